The molecule has 0 spiro atoms. The highest BCUT2D eigenvalue weighted by Gasteiger charge is 2.28. The van der Waals surface area contributed by atoms with Crippen LogP contribution in [0, 0.1) is 13.8 Å². The normalized spacial score (nSPS) is 14.3. The molecule has 1 aromatic rings. The number of carbonyl (C=O) groups excluding carboxylic acids is 1. The lowest BCUT2D eigenvalue weighted by atomic mass is 10.3. The largest absolute Gasteiger partial charge is 0.479 e. The molecule has 2 unspecified atom stereocenters. The van der Waals surface area contributed by atoms with E-state index >= 15 is 0 Å². The lowest BCUT2D eigenvalue weighted by Crippen LogP contribution is -2.47. The van der Waals surface area contributed by atoms with E-state index in [0.29, 0.717) is 0 Å². The third-order valence-electron chi connectivity index (χ3n) is 2.98. The molecule has 0 fully saturated rings. The number of ether oxygens (including phenoxy) is 1. The van der Waals surface area contributed by atoms with Crippen LogP contribution in [0.1, 0.15) is 18.4 Å². The molecule has 11 heteroatoms. The molecule has 0 aromatic carbocycles. The second-order valence-corrected chi connectivity index (χ2v) is 6.45. The number of carbonyl (C=O) groups is 2. The van der Waals surface area contributed by atoms with Crippen molar-refractivity contribution in [2.24, 2.45) is 0 Å². The summed E-state index contributed by atoms with van der Waals surface area (Å²) < 4.78 is 36.1. The Morgan fingerprint density at radius 1 is 1.39 bits per heavy atom. The van der Waals surface area contributed by atoms with Crippen molar-refractivity contribution in [3.05, 3.63) is 11.5 Å². The molecule has 0 radical (unpaired) electrons. The van der Waals surface area contributed by atoms with Gasteiger partial charge in [0.05, 0.1) is 12.6 Å². The van der Waals surface area contributed by atoms with Gasteiger partial charge in [-0.2, -0.15) is 4.72 Å². The van der Waals surface area contributed by atoms with Crippen LogP contribution in [0.15, 0.2) is 9.42 Å². The Bertz CT molecular complexity index is 663. The van der Waals surface area contributed by atoms with Gasteiger partial charge in [-0.25, -0.2) is 13.2 Å². The van der Waals surface area contributed by atoms with Gasteiger partial charge in [-0.3, -0.25) is 4.79 Å². The van der Waals surface area contributed by atoms with Crippen LogP contribution in [-0.2, 0) is 24.3 Å². The van der Waals surface area contributed by atoms with Crippen molar-refractivity contribution in [2.75, 3.05) is 13.7 Å². The van der Waals surface area contributed by atoms with Gasteiger partial charge < -0.3 is 19.7 Å². The molecular formula is C12H19N3O7S. The van der Waals surface area contributed by atoms with E-state index in [1.165, 1.54) is 27.9 Å². The predicted molar refractivity (Wildman–Crippen MR) is 77.2 cm³/mol. The Kier molecular flexibility index (Phi) is 6.24. The quantitative estimate of drug-likeness (QED) is 0.551. The fourth-order valence-corrected chi connectivity index (χ4v) is 3.35. The first-order valence-corrected chi connectivity index (χ1v) is 8.07. The fourth-order valence-electron chi connectivity index (χ4n) is 1.82. The second-order valence-electron chi connectivity index (χ2n) is 4.80. The molecule has 130 valence electrons. The summed E-state index contributed by atoms with van der Waals surface area (Å²) in [5.41, 5.74) is 0.174. The minimum Gasteiger partial charge on any atom is -0.479 e. The van der Waals surface area contributed by atoms with E-state index in [0.717, 1.165) is 0 Å². The number of rotatable bonds is 8. The van der Waals surface area contributed by atoms with Crippen molar-refractivity contribution in [3.8, 4) is 0 Å². The number of amides is 1. The fraction of sp³-hybridized carbons (Fsp3) is 0.583. The van der Waals surface area contributed by atoms with Crippen LogP contribution in [0.3, 0.4) is 0 Å². The van der Waals surface area contributed by atoms with Crippen molar-refractivity contribution >= 4 is 21.9 Å². The number of carboxylic acid groups (broad SMARTS) is 1. The average Bonchev–Trinajstić information content (AvgIpc) is 2.78. The molecule has 1 amide bonds. The van der Waals surface area contributed by atoms with Gasteiger partial charge in [0.2, 0.25) is 15.9 Å². The van der Waals surface area contributed by atoms with Crippen molar-refractivity contribution < 1.29 is 32.4 Å². The number of hydrogen-bond donors (Lipinski definition) is 3. The van der Waals surface area contributed by atoms with Crippen molar-refractivity contribution in [1.82, 2.24) is 15.2 Å². The van der Waals surface area contributed by atoms with E-state index in [1.54, 1.807) is 0 Å². The summed E-state index contributed by atoms with van der Waals surface area (Å²) in [7, 11) is -2.81. The Morgan fingerprint density at radius 2 is 2.00 bits per heavy atom. The number of hydrogen-bond acceptors (Lipinski definition) is 7. The summed E-state index contributed by atoms with van der Waals surface area (Å²) in [5.74, 6) is -1.83. The van der Waals surface area contributed by atoms with E-state index < -0.39 is 34.0 Å². The van der Waals surface area contributed by atoms with Gasteiger partial charge in [0.1, 0.15) is 10.6 Å². The van der Waals surface area contributed by atoms with Crippen LogP contribution < -0.4 is 10.0 Å². The molecule has 0 aliphatic heterocycles. The van der Waals surface area contributed by atoms with Gasteiger partial charge >= 0.3 is 5.97 Å². The first-order chi connectivity index (χ1) is 10.6. The summed E-state index contributed by atoms with van der Waals surface area (Å²) in [6.07, 6.45) is -1.22. The summed E-state index contributed by atoms with van der Waals surface area (Å²) >= 11 is 0. The molecule has 23 heavy (non-hydrogen) atoms. The van der Waals surface area contributed by atoms with E-state index in [4.69, 9.17) is 9.63 Å². The molecule has 0 bridgehead atoms. The third-order valence-corrected chi connectivity index (χ3v) is 4.77. The molecule has 0 aliphatic carbocycles. The summed E-state index contributed by atoms with van der Waals surface area (Å²) in [4.78, 5) is 22.5. The third kappa shape index (κ3) is 4.74. The van der Waals surface area contributed by atoms with Gasteiger partial charge in [0.15, 0.2) is 11.9 Å². The zero-order valence-corrected chi connectivity index (χ0v) is 13.9. The Hall–Kier alpha value is -1.98. The average molecular weight is 349 g/mol. The van der Waals surface area contributed by atoms with Gasteiger partial charge in [-0.15, -0.1) is 0 Å². The predicted octanol–water partition coefficient (Wildman–Crippen LogP) is -0.826. The molecule has 3 N–H and O–H groups in total. The molecule has 0 aliphatic rings. The first kappa shape index (κ1) is 19.1. The van der Waals surface area contributed by atoms with Crippen LogP contribution in [0.25, 0.3) is 0 Å². The van der Waals surface area contributed by atoms with Crippen molar-refractivity contribution in [1.29, 1.82) is 0 Å². The molecule has 1 aromatic heterocycles. The van der Waals surface area contributed by atoms with Crippen LogP contribution in [0.2, 0.25) is 0 Å². The van der Waals surface area contributed by atoms with Crippen LogP contribution in [-0.4, -0.2) is 56.4 Å². The number of nitrogens with zero attached hydrogens (tertiary/aromatic N) is 1. The molecule has 1 rings (SSSR count). The number of methoxy groups -OCH3 is 1. The van der Waals surface area contributed by atoms with Crippen molar-refractivity contribution in [3.63, 3.8) is 0 Å². The van der Waals surface area contributed by atoms with E-state index in [1.807, 2.05) is 0 Å². The lowest BCUT2D eigenvalue weighted by Gasteiger charge is -2.16. The van der Waals surface area contributed by atoms with E-state index in [2.05, 4.69) is 19.9 Å². The zero-order valence-electron chi connectivity index (χ0n) is 13.1. The summed E-state index contributed by atoms with van der Waals surface area (Å²) in [6, 6.07) is -1.12. The van der Waals surface area contributed by atoms with E-state index in [-0.39, 0.29) is 22.9 Å². The highest BCUT2D eigenvalue weighted by atomic mass is 32.2. The highest BCUT2D eigenvalue weighted by Crippen LogP contribution is 2.18. The van der Waals surface area contributed by atoms with Crippen LogP contribution in [0.4, 0.5) is 0 Å². The first-order valence-electron chi connectivity index (χ1n) is 6.58. The number of carboxylic acids is 1. The summed E-state index contributed by atoms with van der Waals surface area (Å²) in [5, 5.41) is 14.6. The minimum absolute atomic E-state index is 0.105. The monoisotopic (exact) mass is 349 g/mol. The Balaban J connectivity index is 2.73. The highest BCUT2D eigenvalue weighted by molar-refractivity contribution is 7.89. The van der Waals surface area contributed by atoms with Gasteiger partial charge in [0.25, 0.3) is 0 Å². The number of aromatic nitrogens is 1. The maximum atomic E-state index is 12.2. The van der Waals surface area contributed by atoms with Crippen LogP contribution >= 0.6 is 0 Å². The van der Waals surface area contributed by atoms with Gasteiger partial charge in [0, 0.05) is 7.11 Å². The lowest BCUT2D eigenvalue weighted by molar-refractivity contribution is -0.148. The molecule has 0 saturated heterocycles. The standard InChI is InChI=1S/C12H19N3O7S/c1-6-10(8(3)22-14-6)23(19,20)15-7(2)11(16)13-5-9(21-4)12(17)18/h7,9,15H,5H2,1-4H3,(H,13,16)(H,17,18). The topological polar surface area (TPSA) is 148 Å². The van der Waals surface area contributed by atoms with Gasteiger partial charge in [-0.1, -0.05) is 5.16 Å². The SMILES string of the molecule is COC(CNC(=O)C(C)NS(=O)(=O)c1c(C)noc1C)C(=O)O. The number of sulfonamides is 1. The van der Waals surface area contributed by atoms with Gasteiger partial charge in [-0.05, 0) is 20.8 Å². The molecular weight excluding hydrogens is 330 g/mol. The second kappa shape index (κ2) is 7.53. The maximum absolute atomic E-state index is 12.2. The summed E-state index contributed by atoms with van der Waals surface area (Å²) in [6.45, 7) is 3.94. The number of aliphatic carboxylic acids is 1. The van der Waals surface area contributed by atoms with Crippen molar-refractivity contribution in [2.45, 2.75) is 37.8 Å². The maximum Gasteiger partial charge on any atom is 0.334 e. The number of aryl methyl sites for hydroxylation is 2. The van der Waals surface area contributed by atoms with Crippen LogP contribution in [0.5, 0.6) is 0 Å². The Morgan fingerprint density at radius 3 is 2.43 bits per heavy atom. The number of nitrogens with one attached hydrogen (secondary N) is 2. The molecule has 1 heterocycles. The van der Waals surface area contributed by atoms with E-state index in [9.17, 15) is 18.0 Å². The minimum atomic E-state index is -4.00. The molecule has 2 atom stereocenters. The zero-order chi connectivity index (χ0) is 17.8. The molecule has 10 nitrogen and oxygen atoms in total. The Labute approximate surface area is 133 Å². The molecule has 0 saturated carbocycles. The smallest absolute Gasteiger partial charge is 0.334 e.